The summed E-state index contributed by atoms with van der Waals surface area (Å²) in [6.07, 6.45) is 7.46. The minimum absolute atomic E-state index is 0.244. The van der Waals surface area contributed by atoms with Gasteiger partial charge in [-0.3, -0.25) is 9.59 Å². The zero-order valence-electron chi connectivity index (χ0n) is 8.58. The van der Waals surface area contributed by atoms with Gasteiger partial charge in [-0.2, -0.15) is 0 Å². The Bertz CT molecular complexity index is 303. The molecule has 1 saturated carbocycles. The van der Waals surface area contributed by atoms with E-state index >= 15 is 0 Å². The molecular weight excluding hydrogens is 176 g/mol. The normalized spacial score (nSPS) is 37.9. The summed E-state index contributed by atoms with van der Waals surface area (Å²) in [5.41, 5.74) is -0.329. The number of allylic oxidation sites excluding steroid dienone is 2. The molecule has 1 fully saturated rings. The van der Waals surface area contributed by atoms with E-state index in [0.29, 0.717) is 25.0 Å². The Balaban J connectivity index is 2.31. The van der Waals surface area contributed by atoms with E-state index in [1.54, 1.807) is 0 Å². The van der Waals surface area contributed by atoms with E-state index < -0.39 is 0 Å². The zero-order chi connectivity index (χ0) is 10.2. The molecule has 2 unspecified atom stereocenters. The first-order valence-corrected chi connectivity index (χ1v) is 5.37. The van der Waals surface area contributed by atoms with E-state index in [1.807, 2.05) is 0 Å². The van der Waals surface area contributed by atoms with Crippen molar-refractivity contribution in [1.82, 2.24) is 0 Å². The lowest BCUT2D eigenvalue weighted by Crippen LogP contribution is -2.43. The lowest BCUT2D eigenvalue weighted by Gasteiger charge is -2.40. The molecule has 0 N–H and O–H groups in total. The highest BCUT2D eigenvalue weighted by Crippen LogP contribution is 2.45. The Morgan fingerprint density at radius 3 is 2.86 bits per heavy atom. The molecule has 1 spiro atoms. The highest BCUT2D eigenvalue weighted by molar-refractivity contribution is 5.97. The monoisotopic (exact) mass is 192 g/mol. The zero-order valence-corrected chi connectivity index (χ0v) is 8.58. The standard InChI is InChI=1S/C12H16O2/c1-9-4-2-3-7-12(9)8-10(13)5-6-11(12)14/h2,4,9H,3,5-8H2,1H3. The molecule has 2 heteroatoms. The summed E-state index contributed by atoms with van der Waals surface area (Å²) in [5, 5.41) is 0. The van der Waals surface area contributed by atoms with Gasteiger partial charge in [-0.1, -0.05) is 19.1 Å². The van der Waals surface area contributed by atoms with Gasteiger partial charge in [0.15, 0.2) is 0 Å². The lowest BCUT2D eigenvalue weighted by molar-refractivity contribution is -0.142. The number of rotatable bonds is 0. The Labute approximate surface area is 84.4 Å². The van der Waals surface area contributed by atoms with Crippen LogP contribution in [0.15, 0.2) is 12.2 Å². The van der Waals surface area contributed by atoms with Crippen molar-refractivity contribution in [2.75, 3.05) is 0 Å². The van der Waals surface area contributed by atoms with Crippen molar-refractivity contribution in [2.24, 2.45) is 11.3 Å². The Morgan fingerprint density at radius 1 is 1.36 bits per heavy atom. The van der Waals surface area contributed by atoms with Gasteiger partial charge in [-0.25, -0.2) is 0 Å². The van der Waals surface area contributed by atoms with Crippen molar-refractivity contribution >= 4 is 11.6 Å². The maximum atomic E-state index is 11.9. The maximum absolute atomic E-state index is 11.9. The van der Waals surface area contributed by atoms with Crippen LogP contribution in [0.1, 0.15) is 39.0 Å². The number of ketones is 2. The summed E-state index contributed by atoms with van der Waals surface area (Å²) >= 11 is 0. The van der Waals surface area contributed by atoms with Gasteiger partial charge < -0.3 is 0 Å². The molecule has 0 radical (unpaired) electrons. The van der Waals surface area contributed by atoms with Crippen molar-refractivity contribution in [1.29, 1.82) is 0 Å². The average Bonchev–Trinajstić information content (AvgIpc) is 2.17. The topological polar surface area (TPSA) is 34.1 Å². The van der Waals surface area contributed by atoms with Gasteiger partial charge in [-0.05, 0) is 18.8 Å². The molecule has 0 aliphatic heterocycles. The number of hydrogen-bond acceptors (Lipinski definition) is 2. The quantitative estimate of drug-likeness (QED) is 0.552. The van der Waals surface area contributed by atoms with Crippen molar-refractivity contribution in [2.45, 2.75) is 39.0 Å². The minimum Gasteiger partial charge on any atom is -0.300 e. The Morgan fingerprint density at radius 2 is 2.14 bits per heavy atom. The van der Waals surface area contributed by atoms with Crippen molar-refractivity contribution in [3.8, 4) is 0 Å². The van der Waals surface area contributed by atoms with Crippen LogP contribution in [-0.4, -0.2) is 11.6 Å². The van der Waals surface area contributed by atoms with Crippen LogP contribution >= 0.6 is 0 Å². The van der Waals surface area contributed by atoms with Gasteiger partial charge in [0.05, 0.1) is 0 Å². The largest absolute Gasteiger partial charge is 0.300 e. The van der Waals surface area contributed by atoms with Gasteiger partial charge in [0.2, 0.25) is 0 Å². The first kappa shape index (κ1) is 9.63. The molecule has 76 valence electrons. The van der Waals surface area contributed by atoms with Crippen molar-refractivity contribution < 1.29 is 9.59 Å². The molecule has 0 saturated heterocycles. The smallest absolute Gasteiger partial charge is 0.140 e. The molecule has 2 aliphatic rings. The number of carbonyl (C=O) groups excluding carboxylic acids is 2. The molecule has 0 amide bonds. The van der Waals surface area contributed by atoms with E-state index in [0.717, 1.165) is 12.8 Å². The number of Topliss-reactive ketones (excluding diaryl/α,β-unsaturated/α-hetero) is 2. The van der Waals surface area contributed by atoms with Crippen LogP contribution in [0.2, 0.25) is 0 Å². The van der Waals surface area contributed by atoms with Crippen LogP contribution in [0.5, 0.6) is 0 Å². The van der Waals surface area contributed by atoms with E-state index in [2.05, 4.69) is 19.1 Å². The second-order valence-corrected chi connectivity index (χ2v) is 4.55. The highest BCUT2D eigenvalue weighted by Gasteiger charge is 2.46. The first-order valence-electron chi connectivity index (χ1n) is 5.37. The molecule has 2 rings (SSSR count). The molecule has 14 heavy (non-hydrogen) atoms. The molecule has 0 aromatic heterocycles. The fourth-order valence-electron chi connectivity index (χ4n) is 2.74. The van der Waals surface area contributed by atoms with Crippen LogP contribution < -0.4 is 0 Å². The maximum Gasteiger partial charge on any atom is 0.140 e. The second kappa shape index (κ2) is 3.34. The van der Waals surface area contributed by atoms with Crippen LogP contribution in [0.25, 0.3) is 0 Å². The van der Waals surface area contributed by atoms with Gasteiger partial charge in [0.1, 0.15) is 11.6 Å². The summed E-state index contributed by atoms with van der Waals surface area (Å²) in [6, 6.07) is 0. The Kier molecular flexibility index (Phi) is 2.30. The highest BCUT2D eigenvalue weighted by atomic mass is 16.1. The first-order chi connectivity index (χ1) is 6.65. The van der Waals surface area contributed by atoms with E-state index in [1.165, 1.54) is 0 Å². The number of hydrogen-bond donors (Lipinski definition) is 0. The van der Waals surface area contributed by atoms with E-state index in [-0.39, 0.29) is 17.1 Å². The molecule has 2 atom stereocenters. The van der Waals surface area contributed by atoms with Gasteiger partial charge in [0.25, 0.3) is 0 Å². The number of carbonyl (C=O) groups is 2. The third kappa shape index (κ3) is 1.33. The molecule has 0 aromatic carbocycles. The van der Waals surface area contributed by atoms with Crippen LogP contribution in [0.4, 0.5) is 0 Å². The van der Waals surface area contributed by atoms with E-state index in [9.17, 15) is 9.59 Å². The molecule has 0 aromatic rings. The second-order valence-electron chi connectivity index (χ2n) is 4.55. The van der Waals surface area contributed by atoms with Gasteiger partial charge >= 0.3 is 0 Å². The molecule has 2 nitrogen and oxygen atoms in total. The molecular formula is C12H16O2. The predicted octanol–water partition coefficient (Wildman–Crippen LogP) is 2.28. The summed E-state index contributed by atoms with van der Waals surface area (Å²) in [5.74, 6) is 0.828. The third-order valence-electron chi connectivity index (χ3n) is 3.75. The van der Waals surface area contributed by atoms with Crippen LogP contribution in [0, 0.1) is 11.3 Å². The predicted molar refractivity (Wildman–Crippen MR) is 53.8 cm³/mol. The van der Waals surface area contributed by atoms with Crippen LogP contribution in [-0.2, 0) is 9.59 Å². The summed E-state index contributed by atoms with van der Waals surface area (Å²) in [6.45, 7) is 2.06. The third-order valence-corrected chi connectivity index (χ3v) is 3.75. The van der Waals surface area contributed by atoms with Crippen LogP contribution in [0.3, 0.4) is 0 Å². The van der Waals surface area contributed by atoms with Gasteiger partial charge in [-0.15, -0.1) is 0 Å². The van der Waals surface area contributed by atoms with Gasteiger partial charge in [0, 0.05) is 24.7 Å². The van der Waals surface area contributed by atoms with Crippen molar-refractivity contribution in [3.05, 3.63) is 12.2 Å². The summed E-state index contributed by atoms with van der Waals surface area (Å²) in [7, 11) is 0. The molecule has 0 bridgehead atoms. The SMILES string of the molecule is CC1C=CCCC12CC(=O)CCC2=O. The fourth-order valence-corrected chi connectivity index (χ4v) is 2.74. The van der Waals surface area contributed by atoms with Crippen molar-refractivity contribution in [3.63, 3.8) is 0 Å². The Hall–Kier alpha value is -0.920. The minimum atomic E-state index is -0.329. The molecule has 2 aliphatic carbocycles. The fraction of sp³-hybridized carbons (Fsp3) is 0.667. The summed E-state index contributed by atoms with van der Waals surface area (Å²) < 4.78 is 0. The summed E-state index contributed by atoms with van der Waals surface area (Å²) in [4.78, 5) is 23.4. The lowest BCUT2D eigenvalue weighted by atomic mass is 9.61. The van der Waals surface area contributed by atoms with E-state index in [4.69, 9.17) is 0 Å². The average molecular weight is 192 g/mol. The molecule has 0 heterocycles.